The molecule has 0 bridgehead atoms. The summed E-state index contributed by atoms with van der Waals surface area (Å²) in [4.78, 5) is 0. The second-order valence-electron chi connectivity index (χ2n) is 6.00. The van der Waals surface area contributed by atoms with E-state index in [1.165, 1.54) is 24.0 Å². The highest BCUT2D eigenvalue weighted by Gasteiger charge is 2.44. The molecule has 2 N–H and O–H groups in total. The molecule has 2 rings (SSSR count). The predicted molar refractivity (Wildman–Crippen MR) is 88.2 cm³/mol. The lowest BCUT2D eigenvalue weighted by Crippen LogP contribution is -2.53. The van der Waals surface area contributed by atoms with Crippen LogP contribution in [-0.4, -0.2) is 29.5 Å². The summed E-state index contributed by atoms with van der Waals surface area (Å²) in [5.74, 6) is 2.70. The van der Waals surface area contributed by atoms with Gasteiger partial charge in [-0.05, 0) is 44.2 Å². The van der Waals surface area contributed by atoms with Crippen molar-refractivity contribution in [2.75, 3.05) is 18.9 Å². The van der Waals surface area contributed by atoms with Crippen LogP contribution in [0.3, 0.4) is 0 Å². The highest BCUT2D eigenvalue weighted by molar-refractivity contribution is 7.98. The normalized spacial score (nSPS) is 17.9. The molecule has 1 aromatic rings. The number of hydrogen-bond donors (Lipinski definition) is 2. The molecule has 0 aromatic heterocycles. The van der Waals surface area contributed by atoms with Crippen LogP contribution in [0.2, 0.25) is 0 Å². The Morgan fingerprint density at radius 2 is 2.20 bits per heavy atom. The van der Waals surface area contributed by atoms with Crippen LogP contribution in [0.4, 0.5) is 0 Å². The average molecular weight is 293 g/mol. The summed E-state index contributed by atoms with van der Waals surface area (Å²) in [5.41, 5.74) is 2.65. The van der Waals surface area contributed by atoms with E-state index in [4.69, 9.17) is 0 Å². The van der Waals surface area contributed by atoms with Gasteiger partial charge < -0.3 is 10.4 Å². The first-order valence-electron chi connectivity index (χ1n) is 7.69. The van der Waals surface area contributed by atoms with E-state index in [1.807, 2.05) is 11.8 Å². The van der Waals surface area contributed by atoms with Crippen LogP contribution in [0.5, 0.6) is 0 Å². The zero-order valence-electron chi connectivity index (χ0n) is 12.7. The molecule has 0 aliphatic heterocycles. The largest absolute Gasteiger partial charge is 0.394 e. The number of aryl methyl sites for hydroxylation is 1. The summed E-state index contributed by atoms with van der Waals surface area (Å²) in [7, 11) is 0. The number of benzene rings is 1. The monoisotopic (exact) mass is 293 g/mol. The van der Waals surface area contributed by atoms with Crippen molar-refractivity contribution in [1.82, 2.24) is 5.32 Å². The summed E-state index contributed by atoms with van der Waals surface area (Å²) in [5, 5.41) is 13.5. The Hall–Kier alpha value is -0.510. The van der Waals surface area contributed by atoms with Gasteiger partial charge >= 0.3 is 0 Å². The minimum absolute atomic E-state index is 0.0511. The molecular weight excluding hydrogens is 266 g/mol. The lowest BCUT2D eigenvalue weighted by atomic mass is 9.96. The van der Waals surface area contributed by atoms with E-state index in [2.05, 4.69) is 43.4 Å². The highest BCUT2D eigenvalue weighted by atomic mass is 32.2. The molecule has 0 heterocycles. The van der Waals surface area contributed by atoms with Crippen molar-refractivity contribution in [3.05, 3.63) is 35.4 Å². The number of rotatable bonds is 9. The molecule has 1 aliphatic carbocycles. The smallest absolute Gasteiger partial charge is 0.0624 e. The summed E-state index contributed by atoms with van der Waals surface area (Å²) < 4.78 is 0. The summed E-state index contributed by atoms with van der Waals surface area (Å²) >= 11 is 1.94. The number of nitrogens with one attached hydrogen (secondary N) is 1. The predicted octanol–water partition coefficient (Wildman–Crippen LogP) is 3.37. The molecule has 0 spiro atoms. The molecule has 3 heteroatoms. The van der Waals surface area contributed by atoms with Crippen molar-refractivity contribution in [2.45, 2.75) is 44.4 Å². The minimum atomic E-state index is -0.0511. The van der Waals surface area contributed by atoms with Gasteiger partial charge in [0, 0.05) is 11.5 Å². The quantitative estimate of drug-likeness (QED) is 0.732. The van der Waals surface area contributed by atoms with Crippen molar-refractivity contribution in [3.8, 4) is 0 Å². The van der Waals surface area contributed by atoms with Gasteiger partial charge in [-0.15, -0.1) is 0 Å². The Labute approximate surface area is 127 Å². The zero-order chi connectivity index (χ0) is 14.4. The molecule has 0 saturated heterocycles. The van der Waals surface area contributed by atoms with Crippen molar-refractivity contribution in [3.63, 3.8) is 0 Å². The van der Waals surface area contributed by atoms with E-state index in [0.29, 0.717) is 5.92 Å². The molecule has 112 valence electrons. The zero-order valence-corrected chi connectivity index (χ0v) is 13.5. The standard InChI is InChI=1S/C17H27NOS/c1-3-9-18-17(12-19,16-7-8-16)13-20-11-15-6-4-5-14(2)10-15/h4-6,10,16,18-19H,3,7-9,11-13H2,1-2H3. The second-order valence-corrected chi connectivity index (χ2v) is 6.98. The van der Waals surface area contributed by atoms with E-state index < -0.39 is 0 Å². The summed E-state index contributed by atoms with van der Waals surface area (Å²) in [6.07, 6.45) is 3.65. The van der Waals surface area contributed by atoms with Gasteiger partial charge in [-0.1, -0.05) is 36.8 Å². The van der Waals surface area contributed by atoms with E-state index in [9.17, 15) is 5.11 Å². The topological polar surface area (TPSA) is 32.3 Å². The maximum Gasteiger partial charge on any atom is 0.0624 e. The Bertz CT molecular complexity index is 419. The maximum atomic E-state index is 9.88. The third-order valence-electron chi connectivity index (χ3n) is 4.08. The van der Waals surface area contributed by atoms with Crippen molar-refractivity contribution >= 4 is 11.8 Å². The van der Waals surface area contributed by atoms with Crippen LogP contribution in [-0.2, 0) is 5.75 Å². The third kappa shape index (κ3) is 4.24. The van der Waals surface area contributed by atoms with Crippen molar-refractivity contribution < 1.29 is 5.11 Å². The lowest BCUT2D eigenvalue weighted by molar-refractivity contribution is 0.159. The fourth-order valence-corrected chi connectivity index (χ4v) is 4.02. The van der Waals surface area contributed by atoms with Crippen LogP contribution in [0.25, 0.3) is 0 Å². The Morgan fingerprint density at radius 1 is 1.40 bits per heavy atom. The molecule has 1 fully saturated rings. The Morgan fingerprint density at radius 3 is 2.80 bits per heavy atom. The molecule has 1 saturated carbocycles. The molecule has 2 nitrogen and oxygen atoms in total. The molecule has 0 radical (unpaired) electrons. The van der Waals surface area contributed by atoms with E-state index in [0.717, 1.165) is 24.5 Å². The molecular formula is C17H27NOS. The van der Waals surface area contributed by atoms with Crippen molar-refractivity contribution in [2.24, 2.45) is 5.92 Å². The van der Waals surface area contributed by atoms with Crippen LogP contribution >= 0.6 is 11.8 Å². The molecule has 1 atom stereocenters. The lowest BCUT2D eigenvalue weighted by Gasteiger charge is -2.33. The fraction of sp³-hybridized carbons (Fsp3) is 0.647. The molecule has 1 aliphatic rings. The van der Waals surface area contributed by atoms with Gasteiger partial charge in [-0.3, -0.25) is 0 Å². The third-order valence-corrected chi connectivity index (χ3v) is 5.34. The highest BCUT2D eigenvalue weighted by Crippen LogP contribution is 2.41. The van der Waals surface area contributed by atoms with Crippen LogP contribution < -0.4 is 5.32 Å². The molecule has 1 unspecified atom stereocenters. The van der Waals surface area contributed by atoms with Crippen molar-refractivity contribution in [1.29, 1.82) is 0 Å². The van der Waals surface area contributed by atoms with Gasteiger partial charge in [0.05, 0.1) is 12.1 Å². The van der Waals surface area contributed by atoms with E-state index in [1.54, 1.807) is 0 Å². The van der Waals surface area contributed by atoms with Crippen LogP contribution in [0.15, 0.2) is 24.3 Å². The summed E-state index contributed by atoms with van der Waals surface area (Å²) in [6, 6.07) is 8.71. The molecule has 1 aromatic carbocycles. The van der Waals surface area contributed by atoms with Crippen LogP contribution in [0.1, 0.15) is 37.3 Å². The first kappa shape index (κ1) is 15.9. The first-order chi connectivity index (χ1) is 9.70. The fourth-order valence-electron chi connectivity index (χ4n) is 2.71. The molecule has 20 heavy (non-hydrogen) atoms. The number of hydrogen-bond acceptors (Lipinski definition) is 3. The van der Waals surface area contributed by atoms with Gasteiger partial charge in [0.15, 0.2) is 0 Å². The Balaban J connectivity index is 1.88. The van der Waals surface area contributed by atoms with Gasteiger partial charge in [0.25, 0.3) is 0 Å². The number of aliphatic hydroxyl groups is 1. The summed E-state index contributed by atoms with van der Waals surface area (Å²) in [6.45, 7) is 5.58. The number of thioether (sulfide) groups is 1. The SMILES string of the molecule is CCCNC(CO)(CSCc1cccc(C)c1)C1CC1. The van der Waals surface area contributed by atoms with Gasteiger partial charge in [0.2, 0.25) is 0 Å². The first-order valence-corrected chi connectivity index (χ1v) is 8.85. The molecule has 0 amide bonds. The maximum absolute atomic E-state index is 9.88. The average Bonchev–Trinajstić information content (AvgIpc) is 3.28. The van der Waals surface area contributed by atoms with E-state index in [-0.39, 0.29) is 12.1 Å². The van der Waals surface area contributed by atoms with Gasteiger partial charge in [-0.25, -0.2) is 0 Å². The van der Waals surface area contributed by atoms with Gasteiger partial charge in [0.1, 0.15) is 0 Å². The Kier molecular flexibility index (Phi) is 5.94. The van der Waals surface area contributed by atoms with E-state index >= 15 is 0 Å². The minimum Gasteiger partial charge on any atom is -0.394 e. The second kappa shape index (κ2) is 7.48. The number of aliphatic hydroxyl groups excluding tert-OH is 1. The van der Waals surface area contributed by atoms with Gasteiger partial charge in [-0.2, -0.15) is 11.8 Å². The van der Waals surface area contributed by atoms with Crippen LogP contribution in [0, 0.1) is 12.8 Å².